The molecule has 0 radical (unpaired) electrons. The van der Waals surface area contributed by atoms with Crippen LogP contribution in [0.4, 0.5) is 0 Å². The number of hydrogen-bond donors (Lipinski definition) is 1. The van der Waals surface area contributed by atoms with Gasteiger partial charge in [0.2, 0.25) is 5.91 Å². The summed E-state index contributed by atoms with van der Waals surface area (Å²) in [4.78, 5) is 13.8. The topological polar surface area (TPSA) is 75.7 Å². The van der Waals surface area contributed by atoms with Crippen LogP contribution < -0.4 is 10.1 Å². The van der Waals surface area contributed by atoms with Crippen molar-refractivity contribution in [1.82, 2.24) is 10.2 Å². The number of nitrogens with one attached hydrogen (secondary N) is 1. The molecule has 6 nitrogen and oxygen atoms in total. The number of carbonyl (C=O) groups is 1. The maximum Gasteiger partial charge on any atom is 0.234 e. The van der Waals surface area contributed by atoms with Gasteiger partial charge >= 0.3 is 0 Å². The van der Waals surface area contributed by atoms with Crippen molar-refractivity contribution < 1.29 is 17.9 Å². The van der Waals surface area contributed by atoms with Gasteiger partial charge in [0.05, 0.1) is 18.1 Å². The van der Waals surface area contributed by atoms with Crippen molar-refractivity contribution in [3.05, 3.63) is 29.8 Å². The van der Waals surface area contributed by atoms with Crippen molar-refractivity contribution in [3.63, 3.8) is 0 Å². The Morgan fingerprint density at radius 1 is 1.39 bits per heavy atom. The summed E-state index contributed by atoms with van der Waals surface area (Å²) in [5.74, 6) is 0.920. The molecule has 1 atom stereocenters. The molecule has 1 aliphatic rings. The van der Waals surface area contributed by atoms with Crippen LogP contribution in [0.5, 0.6) is 5.75 Å². The zero-order valence-corrected chi connectivity index (χ0v) is 14.4. The molecular formula is C16H24N2O4S. The molecule has 1 aromatic carbocycles. The molecule has 0 aliphatic carbocycles. The fourth-order valence-corrected chi connectivity index (χ4v) is 4.21. The van der Waals surface area contributed by atoms with Crippen molar-refractivity contribution in [2.24, 2.45) is 0 Å². The number of ether oxygens (including phenoxy) is 1. The van der Waals surface area contributed by atoms with Gasteiger partial charge in [0, 0.05) is 12.6 Å². The third-order valence-electron chi connectivity index (χ3n) is 3.84. The second-order valence-electron chi connectivity index (χ2n) is 6.02. The first kappa shape index (κ1) is 17.7. The summed E-state index contributed by atoms with van der Waals surface area (Å²) in [7, 11) is -1.13. The predicted molar refractivity (Wildman–Crippen MR) is 89.4 cm³/mol. The number of sulfone groups is 1. The molecule has 0 unspecified atom stereocenters. The van der Waals surface area contributed by atoms with Gasteiger partial charge in [-0.15, -0.1) is 0 Å². The number of likely N-dealkylation sites (N-methyl/N-ethyl adjacent to an activating group) is 1. The first-order chi connectivity index (χ1) is 10.9. The molecule has 0 aromatic heterocycles. The third-order valence-corrected chi connectivity index (χ3v) is 5.60. The molecule has 1 amide bonds. The van der Waals surface area contributed by atoms with E-state index in [1.54, 1.807) is 0 Å². The van der Waals surface area contributed by atoms with E-state index < -0.39 is 9.84 Å². The molecule has 0 saturated carbocycles. The molecule has 7 heteroatoms. The molecule has 23 heavy (non-hydrogen) atoms. The lowest BCUT2D eigenvalue weighted by molar-refractivity contribution is -0.122. The van der Waals surface area contributed by atoms with E-state index in [-0.39, 0.29) is 30.0 Å². The monoisotopic (exact) mass is 340 g/mol. The Hall–Kier alpha value is -1.60. The molecule has 1 aliphatic heterocycles. The number of amides is 1. The van der Waals surface area contributed by atoms with Gasteiger partial charge in [0.25, 0.3) is 0 Å². The summed E-state index contributed by atoms with van der Waals surface area (Å²) in [6.07, 6.45) is 0.508. The van der Waals surface area contributed by atoms with E-state index >= 15 is 0 Å². The summed E-state index contributed by atoms with van der Waals surface area (Å²) >= 11 is 0. The van der Waals surface area contributed by atoms with E-state index in [1.165, 1.54) is 0 Å². The zero-order chi connectivity index (χ0) is 16.9. The highest BCUT2D eigenvalue weighted by Gasteiger charge is 2.28. The van der Waals surface area contributed by atoms with E-state index in [4.69, 9.17) is 4.74 Å². The second-order valence-corrected chi connectivity index (χ2v) is 8.25. The van der Waals surface area contributed by atoms with Crippen molar-refractivity contribution >= 4 is 15.7 Å². The molecule has 1 heterocycles. The molecular weight excluding hydrogens is 316 g/mol. The first-order valence-corrected chi connectivity index (χ1v) is 9.54. The Morgan fingerprint density at radius 2 is 2.13 bits per heavy atom. The Kier molecular flexibility index (Phi) is 6.01. The average molecular weight is 340 g/mol. The number of rotatable bonds is 7. The molecule has 128 valence electrons. The van der Waals surface area contributed by atoms with Gasteiger partial charge in [-0.2, -0.15) is 0 Å². The van der Waals surface area contributed by atoms with Gasteiger partial charge in [0.1, 0.15) is 12.4 Å². The highest BCUT2D eigenvalue weighted by molar-refractivity contribution is 7.91. The Morgan fingerprint density at radius 3 is 2.78 bits per heavy atom. The van der Waals surface area contributed by atoms with Crippen LogP contribution >= 0.6 is 0 Å². The summed E-state index contributed by atoms with van der Waals surface area (Å²) < 4.78 is 28.4. The lowest BCUT2D eigenvalue weighted by Crippen LogP contribution is -2.42. The summed E-state index contributed by atoms with van der Waals surface area (Å²) in [5, 5.41) is 2.78. The molecule has 2 rings (SSSR count). The highest BCUT2D eigenvalue weighted by atomic mass is 32.2. The molecule has 0 bridgehead atoms. The van der Waals surface area contributed by atoms with E-state index in [0.29, 0.717) is 19.6 Å². The second kappa shape index (κ2) is 7.79. The SMILES string of the molecule is Cc1ccccc1OCCN(C)CC(=O)N[C@H]1CCS(=O)(=O)C1. The number of aryl methyl sites for hydroxylation is 1. The van der Waals surface area contributed by atoms with Gasteiger partial charge in [-0.3, -0.25) is 9.69 Å². The Labute approximate surface area is 137 Å². The lowest BCUT2D eigenvalue weighted by Gasteiger charge is -2.18. The number of para-hydroxylation sites is 1. The predicted octanol–water partition coefficient (Wildman–Crippen LogP) is 0.609. The fraction of sp³-hybridized carbons (Fsp3) is 0.562. The number of carbonyl (C=O) groups excluding carboxylic acids is 1. The van der Waals surface area contributed by atoms with Crippen LogP contribution in [-0.4, -0.2) is 63.5 Å². The van der Waals surface area contributed by atoms with Crippen LogP contribution in [0.2, 0.25) is 0 Å². The molecule has 1 N–H and O–H groups in total. The van der Waals surface area contributed by atoms with Crippen LogP contribution in [0.1, 0.15) is 12.0 Å². The van der Waals surface area contributed by atoms with E-state index in [0.717, 1.165) is 11.3 Å². The van der Waals surface area contributed by atoms with Gasteiger partial charge in [-0.1, -0.05) is 18.2 Å². The number of nitrogens with zero attached hydrogens (tertiary/aromatic N) is 1. The molecule has 1 aromatic rings. The normalized spacial score (nSPS) is 19.7. The van der Waals surface area contributed by atoms with Crippen LogP contribution in [0.15, 0.2) is 24.3 Å². The largest absolute Gasteiger partial charge is 0.492 e. The van der Waals surface area contributed by atoms with E-state index in [2.05, 4.69) is 5.32 Å². The summed E-state index contributed by atoms with van der Waals surface area (Å²) in [5.41, 5.74) is 1.08. The highest BCUT2D eigenvalue weighted by Crippen LogP contribution is 2.15. The van der Waals surface area contributed by atoms with Crippen LogP contribution in [0.25, 0.3) is 0 Å². The van der Waals surface area contributed by atoms with Gasteiger partial charge in [-0.05, 0) is 32.0 Å². The van der Waals surface area contributed by atoms with Crippen molar-refractivity contribution in [3.8, 4) is 5.75 Å². The van der Waals surface area contributed by atoms with Crippen molar-refractivity contribution in [2.75, 3.05) is 38.2 Å². The minimum atomic E-state index is -2.97. The third kappa shape index (κ3) is 5.84. The summed E-state index contributed by atoms with van der Waals surface area (Å²) in [6.45, 7) is 3.33. The van der Waals surface area contributed by atoms with Crippen LogP contribution in [0.3, 0.4) is 0 Å². The van der Waals surface area contributed by atoms with Gasteiger partial charge in [0.15, 0.2) is 9.84 Å². The van der Waals surface area contributed by atoms with Crippen LogP contribution in [0, 0.1) is 6.92 Å². The fourth-order valence-electron chi connectivity index (χ4n) is 2.54. The van der Waals surface area contributed by atoms with Crippen LogP contribution in [-0.2, 0) is 14.6 Å². The minimum Gasteiger partial charge on any atom is -0.492 e. The van der Waals surface area contributed by atoms with E-state index in [1.807, 2.05) is 43.1 Å². The minimum absolute atomic E-state index is 0.0544. The number of benzene rings is 1. The molecule has 1 fully saturated rings. The van der Waals surface area contributed by atoms with Crippen molar-refractivity contribution in [2.45, 2.75) is 19.4 Å². The average Bonchev–Trinajstić information content (AvgIpc) is 2.79. The quantitative estimate of drug-likeness (QED) is 0.787. The zero-order valence-electron chi connectivity index (χ0n) is 13.6. The standard InChI is InChI=1S/C16H24N2O4S/c1-13-5-3-4-6-15(13)22-9-8-18(2)11-16(19)17-14-7-10-23(20,21)12-14/h3-6,14H,7-12H2,1-2H3,(H,17,19)/t14-/m0/s1. The van der Waals surface area contributed by atoms with Gasteiger partial charge < -0.3 is 10.1 Å². The van der Waals surface area contributed by atoms with E-state index in [9.17, 15) is 13.2 Å². The Bertz CT molecular complexity index is 645. The number of hydrogen-bond acceptors (Lipinski definition) is 5. The maximum absolute atomic E-state index is 11.9. The van der Waals surface area contributed by atoms with Crippen molar-refractivity contribution in [1.29, 1.82) is 0 Å². The smallest absolute Gasteiger partial charge is 0.234 e. The molecule has 1 saturated heterocycles. The maximum atomic E-state index is 11.9. The Balaban J connectivity index is 1.67. The lowest BCUT2D eigenvalue weighted by atomic mass is 10.2. The molecule has 0 spiro atoms. The van der Waals surface area contributed by atoms with Gasteiger partial charge in [-0.25, -0.2) is 8.42 Å². The summed E-state index contributed by atoms with van der Waals surface area (Å²) in [6, 6.07) is 7.55. The first-order valence-electron chi connectivity index (χ1n) is 7.72.